The lowest BCUT2D eigenvalue weighted by Gasteiger charge is -2.36. The van der Waals surface area contributed by atoms with Crippen LogP contribution >= 0.6 is 11.6 Å². The summed E-state index contributed by atoms with van der Waals surface area (Å²) in [6.45, 7) is 2.99. The fraction of sp³-hybridized carbons (Fsp3) is 0.381. The van der Waals surface area contributed by atoms with Gasteiger partial charge in [0.05, 0.1) is 0 Å². The highest BCUT2D eigenvalue weighted by atomic mass is 35.5. The number of aromatic nitrogens is 1. The molecule has 146 valence electrons. The van der Waals surface area contributed by atoms with E-state index in [1.807, 2.05) is 41.3 Å². The van der Waals surface area contributed by atoms with Crippen molar-refractivity contribution in [3.63, 3.8) is 0 Å². The third-order valence-electron chi connectivity index (χ3n) is 5.53. The monoisotopic (exact) mass is 398 g/mol. The van der Waals surface area contributed by atoms with E-state index in [4.69, 9.17) is 11.6 Å². The molecule has 1 aliphatic heterocycles. The quantitative estimate of drug-likeness (QED) is 0.786. The Morgan fingerprint density at radius 2 is 1.75 bits per heavy atom. The van der Waals surface area contributed by atoms with Crippen LogP contribution in [0.25, 0.3) is 0 Å². The van der Waals surface area contributed by atoms with Gasteiger partial charge in [-0.15, -0.1) is 0 Å². The van der Waals surface area contributed by atoms with Crippen LogP contribution in [0.15, 0.2) is 48.7 Å². The Morgan fingerprint density at radius 1 is 1.04 bits per heavy atom. The third kappa shape index (κ3) is 3.69. The Hall–Kier alpha value is -2.60. The molecule has 7 heteroatoms. The zero-order chi connectivity index (χ0) is 19.6. The van der Waals surface area contributed by atoms with Crippen LogP contribution in [0.1, 0.15) is 18.4 Å². The molecular weight excluding hydrogens is 376 g/mol. The van der Waals surface area contributed by atoms with Crippen LogP contribution in [0.5, 0.6) is 0 Å². The number of halogens is 1. The predicted molar refractivity (Wildman–Crippen MR) is 108 cm³/mol. The van der Waals surface area contributed by atoms with E-state index in [0.717, 1.165) is 24.5 Å². The van der Waals surface area contributed by atoms with E-state index in [1.54, 1.807) is 12.3 Å². The van der Waals surface area contributed by atoms with Gasteiger partial charge < -0.3 is 15.1 Å². The first kappa shape index (κ1) is 18.7. The summed E-state index contributed by atoms with van der Waals surface area (Å²) in [6, 6.07) is 13.2. The molecule has 1 aliphatic carbocycles. The van der Waals surface area contributed by atoms with Gasteiger partial charge in [0.1, 0.15) is 11.2 Å². The topological polar surface area (TPSA) is 65.5 Å². The number of carbonyl (C=O) groups excluding carboxylic acids is 2. The van der Waals surface area contributed by atoms with E-state index in [0.29, 0.717) is 37.5 Å². The summed E-state index contributed by atoms with van der Waals surface area (Å²) in [7, 11) is 0. The van der Waals surface area contributed by atoms with Crippen molar-refractivity contribution in [2.45, 2.75) is 19.4 Å². The molecule has 28 heavy (non-hydrogen) atoms. The molecule has 0 spiro atoms. The maximum atomic E-state index is 13.1. The van der Waals surface area contributed by atoms with Crippen molar-refractivity contribution in [1.29, 1.82) is 0 Å². The summed E-state index contributed by atoms with van der Waals surface area (Å²) in [4.78, 5) is 34.2. The number of hydrogen-bond donors (Lipinski definition) is 1. The van der Waals surface area contributed by atoms with E-state index < -0.39 is 5.41 Å². The Morgan fingerprint density at radius 3 is 2.39 bits per heavy atom. The summed E-state index contributed by atoms with van der Waals surface area (Å²) in [5.74, 6) is 0.683. The fourth-order valence-electron chi connectivity index (χ4n) is 3.63. The second-order valence-electron chi connectivity index (χ2n) is 7.32. The first-order chi connectivity index (χ1) is 13.6. The molecule has 2 aliphatic rings. The molecule has 2 heterocycles. The molecule has 4 rings (SSSR count). The van der Waals surface area contributed by atoms with Crippen LogP contribution in [-0.4, -0.2) is 47.9 Å². The normalized spacial score (nSPS) is 17.9. The predicted octanol–water partition coefficient (Wildman–Crippen LogP) is 2.48. The maximum absolute atomic E-state index is 13.1. The average molecular weight is 399 g/mol. The summed E-state index contributed by atoms with van der Waals surface area (Å²) in [6.07, 6.45) is 3.00. The van der Waals surface area contributed by atoms with Crippen molar-refractivity contribution in [3.8, 4) is 0 Å². The summed E-state index contributed by atoms with van der Waals surface area (Å²) in [5, 5.41) is 3.52. The molecule has 0 atom stereocenters. The van der Waals surface area contributed by atoms with Gasteiger partial charge in [0.25, 0.3) is 0 Å². The van der Waals surface area contributed by atoms with Crippen LogP contribution in [0.2, 0.25) is 5.02 Å². The second-order valence-corrected chi connectivity index (χ2v) is 7.73. The standard InChI is InChI=1S/C21H23ClN4O2/c22-17-6-2-1-5-16(17)15-24-19(27)21(8-9-21)20(28)26-13-11-25(12-14-26)18-7-3-4-10-23-18/h1-7,10H,8-9,11-15H2,(H,24,27). The van der Waals surface area contributed by atoms with Gasteiger partial charge in [-0.2, -0.15) is 0 Å². The van der Waals surface area contributed by atoms with E-state index >= 15 is 0 Å². The van der Waals surface area contributed by atoms with Gasteiger partial charge in [-0.3, -0.25) is 9.59 Å². The van der Waals surface area contributed by atoms with Gasteiger partial charge >= 0.3 is 0 Å². The van der Waals surface area contributed by atoms with Gasteiger partial charge in [-0.1, -0.05) is 35.9 Å². The molecule has 2 aromatic rings. The summed E-state index contributed by atoms with van der Waals surface area (Å²) < 4.78 is 0. The molecule has 2 fully saturated rings. The van der Waals surface area contributed by atoms with Crippen LogP contribution in [0, 0.1) is 5.41 Å². The molecule has 1 aromatic carbocycles. The number of carbonyl (C=O) groups is 2. The minimum absolute atomic E-state index is 0.0511. The Bertz CT molecular complexity index is 862. The highest BCUT2D eigenvalue weighted by Crippen LogP contribution is 2.47. The fourth-order valence-corrected chi connectivity index (χ4v) is 3.83. The molecule has 0 bridgehead atoms. The van der Waals surface area contributed by atoms with Gasteiger partial charge in [0, 0.05) is 43.9 Å². The number of amides is 2. The number of rotatable bonds is 5. The third-order valence-corrected chi connectivity index (χ3v) is 5.90. The second kappa shape index (κ2) is 7.80. The van der Waals surface area contributed by atoms with Crippen molar-refractivity contribution in [2.24, 2.45) is 5.41 Å². The van der Waals surface area contributed by atoms with Crippen LogP contribution < -0.4 is 10.2 Å². The summed E-state index contributed by atoms with van der Waals surface area (Å²) >= 11 is 6.15. The van der Waals surface area contributed by atoms with E-state index in [-0.39, 0.29) is 11.8 Å². The minimum Gasteiger partial charge on any atom is -0.353 e. The molecule has 1 aromatic heterocycles. The zero-order valence-electron chi connectivity index (χ0n) is 15.6. The van der Waals surface area contributed by atoms with E-state index in [2.05, 4.69) is 15.2 Å². The Labute approximate surface area is 169 Å². The molecule has 6 nitrogen and oxygen atoms in total. The Balaban J connectivity index is 1.34. The molecule has 0 unspecified atom stereocenters. The van der Waals surface area contributed by atoms with Gasteiger partial charge in [-0.25, -0.2) is 4.98 Å². The van der Waals surface area contributed by atoms with Crippen molar-refractivity contribution in [3.05, 3.63) is 59.2 Å². The minimum atomic E-state index is -0.894. The lowest BCUT2D eigenvalue weighted by Crippen LogP contribution is -2.53. The number of nitrogens with one attached hydrogen (secondary N) is 1. The van der Waals surface area contributed by atoms with Crippen molar-refractivity contribution < 1.29 is 9.59 Å². The summed E-state index contributed by atoms with van der Waals surface area (Å²) in [5.41, 5.74) is -0.0428. The number of anilines is 1. The first-order valence-corrected chi connectivity index (χ1v) is 9.95. The van der Waals surface area contributed by atoms with Crippen LogP contribution in [0.3, 0.4) is 0 Å². The lowest BCUT2D eigenvalue weighted by atomic mass is 10.0. The molecular formula is C21H23ClN4O2. The molecule has 2 amide bonds. The number of piperazine rings is 1. The van der Waals surface area contributed by atoms with Gasteiger partial charge in [0.2, 0.25) is 11.8 Å². The number of nitrogens with zero attached hydrogens (tertiary/aromatic N) is 3. The maximum Gasteiger partial charge on any atom is 0.238 e. The molecule has 1 saturated carbocycles. The van der Waals surface area contributed by atoms with Crippen molar-refractivity contribution in [2.75, 3.05) is 31.1 Å². The Kier molecular flexibility index (Phi) is 5.22. The lowest BCUT2D eigenvalue weighted by molar-refractivity contribution is -0.144. The SMILES string of the molecule is O=C(NCc1ccccc1Cl)C1(C(=O)N2CCN(c3ccccn3)CC2)CC1. The molecule has 1 N–H and O–H groups in total. The molecule has 0 radical (unpaired) electrons. The van der Waals surface area contributed by atoms with E-state index in [9.17, 15) is 9.59 Å². The highest BCUT2D eigenvalue weighted by Gasteiger charge is 2.58. The van der Waals surface area contributed by atoms with Crippen LogP contribution in [-0.2, 0) is 16.1 Å². The first-order valence-electron chi connectivity index (χ1n) is 9.57. The average Bonchev–Trinajstić information content (AvgIpc) is 3.55. The highest BCUT2D eigenvalue weighted by molar-refractivity contribution is 6.31. The van der Waals surface area contributed by atoms with Crippen LogP contribution in [0.4, 0.5) is 5.82 Å². The van der Waals surface area contributed by atoms with E-state index in [1.165, 1.54) is 0 Å². The zero-order valence-corrected chi connectivity index (χ0v) is 16.4. The molecule has 1 saturated heterocycles. The largest absolute Gasteiger partial charge is 0.353 e. The van der Waals surface area contributed by atoms with Gasteiger partial charge in [0.15, 0.2) is 0 Å². The smallest absolute Gasteiger partial charge is 0.238 e. The van der Waals surface area contributed by atoms with Crippen molar-refractivity contribution >= 4 is 29.2 Å². The number of hydrogen-bond acceptors (Lipinski definition) is 4. The van der Waals surface area contributed by atoms with Gasteiger partial charge in [-0.05, 0) is 36.6 Å². The number of pyridine rings is 1. The van der Waals surface area contributed by atoms with Crippen molar-refractivity contribution in [1.82, 2.24) is 15.2 Å². The number of benzene rings is 1.